The largest absolute Gasteiger partial charge is 0.494 e. The number of carbonyl (C=O) groups is 1. The lowest BCUT2D eigenvalue weighted by molar-refractivity contribution is -0.126. The van der Waals surface area contributed by atoms with Gasteiger partial charge in [0.05, 0.1) is 17.2 Å². The van der Waals surface area contributed by atoms with Crippen LogP contribution in [0.15, 0.2) is 41.3 Å². The van der Waals surface area contributed by atoms with Crippen LogP contribution in [0.1, 0.15) is 18.4 Å². The lowest BCUT2D eigenvalue weighted by Gasteiger charge is -2.31. The molecule has 2 aromatic carbocycles. The molecule has 30 heavy (non-hydrogen) atoms. The average Bonchev–Trinajstić information content (AvgIpc) is 2.72. The zero-order chi connectivity index (χ0) is 21.9. The number of rotatable bonds is 6. The van der Waals surface area contributed by atoms with Crippen LogP contribution in [-0.4, -0.2) is 38.8 Å². The number of halogens is 3. The Morgan fingerprint density at radius 3 is 2.40 bits per heavy atom. The molecular weight excluding hydrogens is 454 g/mol. The van der Waals surface area contributed by atoms with Gasteiger partial charge in [-0.05, 0) is 42.7 Å². The van der Waals surface area contributed by atoms with E-state index in [1.807, 2.05) is 0 Å². The van der Waals surface area contributed by atoms with Crippen molar-refractivity contribution < 1.29 is 22.3 Å². The highest BCUT2D eigenvalue weighted by Crippen LogP contribution is 2.33. The molecule has 1 aliphatic rings. The second-order valence-electron chi connectivity index (χ2n) is 6.92. The first-order valence-electron chi connectivity index (χ1n) is 9.28. The van der Waals surface area contributed by atoms with E-state index >= 15 is 0 Å². The summed E-state index contributed by atoms with van der Waals surface area (Å²) in [5.74, 6) is -0.890. The molecule has 0 unspecified atom stereocenters. The van der Waals surface area contributed by atoms with Crippen LogP contribution in [0.4, 0.5) is 4.39 Å². The average molecular weight is 475 g/mol. The van der Waals surface area contributed by atoms with Crippen molar-refractivity contribution in [2.45, 2.75) is 24.3 Å². The van der Waals surface area contributed by atoms with Gasteiger partial charge >= 0.3 is 0 Å². The molecule has 0 atom stereocenters. The summed E-state index contributed by atoms with van der Waals surface area (Å²) in [6, 6.07) is 9.01. The highest BCUT2D eigenvalue weighted by atomic mass is 35.5. The number of carbonyl (C=O) groups excluding carboxylic acids is 1. The van der Waals surface area contributed by atoms with Gasteiger partial charge in [0.25, 0.3) is 0 Å². The second-order valence-corrected chi connectivity index (χ2v) is 9.61. The molecule has 162 valence electrons. The monoisotopic (exact) mass is 474 g/mol. The van der Waals surface area contributed by atoms with Gasteiger partial charge in [-0.3, -0.25) is 4.79 Å². The van der Waals surface area contributed by atoms with E-state index in [0.29, 0.717) is 18.4 Å². The van der Waals surface area contributed by atoms with E-state index in [0.717, 1.165) is 0 Å². The summed E-state index contributed by atoms with van der Waals surface area (Å²) >= 11 is 12.1. The van der Waals surface area contributed by atoms with Crippen LogP contribution in [0, 0.1) is 11.7 Å². The fraction of sp³-hybridized carbons (Fsp3) is 0.350. The van der Waals surface area contributed by atoms with E-state index in [-0.39, 0.29) is 52.1 Å². The van der Waals surface area contributed by atoms with Crippen molar-refractivity contribution in [2.75, 3.05) is 20.2 Å². The molecule has 1 aliphatic heterocycles. The van der Waals surface area contributed by atoms with Crippen LogP contribution < -0.4 is 10.1 Å². The second kappa shape index (κ2) is 9.51. The van der Waals surface area contributed by atoms with E-state index in [1.54, 1.807) is 12.1 Å². The number of ether oxygens (including phenoxy) is 1. The fourth-order valence-electron chi connectivity index (χ4n) is 3.37. The number of amides is 1. The Balaban J connectivity index is 1.58. The first kappa shape index (κ1) is 22.8. The summed E-state index contributed by atoms with van der Waals surface area (Å²) in [6.07, 6.45) is 0.730. The molecule has 2 aromatic rings. The first-order valence-corrected chi connectivity index (χ1v) is 11.5. The Bertz CT molecular complexity index is 1020. The molecule has 1 heterocycles. The topological polar surface area (TPSA) is 75.7 Å². The number of nitrogens with zero attached hydrogens (tertiary/aromatic N) is 1. The van der Waals surface area contributed by atoms with E-state index in [1.165, 1.54) is 35.7 Å². The molecule has 0 spiro atoms. The molecule has 10 heteroatoms. The molecule has 6 nitrogen and oxygen atoms in total. The smallest absolute Gasteiger partial charge is 0.246 e. The van der Waals surface area contributed by atoms with Crippen LogP contribution >= 0.6 is 23.2 Å². The molecule has 0 radical (unpaired) electrons. The lowest BCUT2D eigenvalue weighted by atomic mass is 9.97. The fourth-order valence-corrected chi connectivity index (χ4v) is 5.93. The Labute approximate surface area is 185 Å². The van der Waals surface area contributed by atoms with Gasteiger partial charge in [-0.2, -0.15) is 4.31 Å². The van der Waals surface area contributed by atoms with Crippen molar-refractivity contribution in [1.82, 2.24) is 9.62 Å². The summed E-state index contributed by atoms with van der Waals surface area (Å²) in [5, 5.41) is 2.91. The summed E-state index contributed by atoms with van der Waals surface area (Å²) < 4.78 is 45.8. The molecule has 0 saturated carbocycles. The lowest BCUT2D eigenvalue weighted by Crippen LogP contribution is -2.43. The Hall–Kier alpha value is -1.87. The summed E-state index contributed by atoms with van der Waals surface area (Å²) in [7, 11) is -2.47. The standard InChI is InChI=1S/C20H21Cl2FN2O4S/c1-29-18-6-5-13(11-17(18)23)12-24-20(26)14-7-9-25(10-8-14)30(27,28)19-15(21)3-2-4-16(19)22/h2-6,11,14H,7-10,12H2,1H3,(H,24,26). The highest BCUT2D eigenvalue weighted by molar-refractivity contribution is 7.89. The minimum Gasteiger partial charge on any atom is -0.494 e. The van der Waals surface area contributed by atoms with Gasteiger partial charge in [-0.1, -0.05) is 35.3 Å². The minimum absolute atomic E-state index is 0.0640. The van der Waals surface area contributed by atoms with Gasteiger partial charge in [-0.25, -0.2) is 12.8 Å². The normalized spacial score (nSPS) is 15.7. The zero-order valence-electron chi connectivity index (χ0n) is 16.2. The van der Waals surface area contributed by atoms with Crippen molar-refractivity contribution in [2.24, 2.45) is 5.92 Å². The van der Waals surface area contributed by atoms with Gasteiger partial charge in [0, 0.05) is 25.6 Å². The molecule has 0 aromatic heterocycles. The minimum atomic E-state index is -3.85. The number of nitrogens with one attached hydrogen (secondary N) is 1. The first-order chi connectivity index (χ1) is 14.2. The number of sulfonamides is 1. The number of benzene rings is 2. The van der Waals surface area contributed by atoms with Crippen LogP contribution in [0.5, 0.6) is 5.75 Å². The third-order valence-corrected chi connectivity index (χ3v) is 7.88. The SMILES string of the molecule is COc1ccc(CNC(=O)C2CCN(S(=O)(=O)c3c(Cl)cccc3Cl)CC2)cc1F. The van der Waals surface area contributed by atoms with Crippen LogP contribution in [0.2, 0.25) is 10.0 Å². The molecule has 0 bridgehead atoms. The molecule has 1 N–H and O–H groups in total. The van der Waals surface area contributed by atoms with Crippen LogP contribution in [0.3, 0.4) is 0 Å². The Morgan fingerprint density at radius 1 is 1.20 bits per heavy atom. The van der Waals surface area contributed by atoms with E-state index in [4.69, 9.17) is 27.9 Å². The number of piperidine rings is 1. The Kier molecular flexibility index (Phi) is 7.23. The van der Waals surface area contributed by atoms with Gasteiger partial charge in [0.15, 0.2) is 11.6 Å². The van der Waals surface area contributed by atoms with Crippen molar-refractivity contribution in [1.29, 1.82) is 0 Å². The zero-order valence-corrected chi connectivity index (χ0v) is 18.5. The van der Waals surface area contributed by atoms with E-state index in [9.17, 15) is 17.6 Å². The van der Waals surface area contributed by atoms with Crippen LogP contribution in [0.25, 0.3) is 0 Å². The van der Waals surface area contributed by atoms with Crippen molar-refractivity contribution in [3.63, 3.8) is 0 Å². The number of hydrogen-bond donors (Lipinski definition) is 1. The summed E-state index contributed by atoms with van der Waals surface area (Å²) in [5.41, 5.74) is 0.607. The Morgan fingerprint density at radius 2 is 1.83 bits per heavy atom. The number of hydrogen-bond acceptors (Lipinski definition) is 4. The van der Waals surface area contributed by atoms with E-state index < -0.39 is 15.8 Å². The quantitative estimate of drug-likeness (QED) is 0.689. The van der Waals surface area contributed by atoms with Gasteiger partial charge in [0.1, 0.15) is 4.90 Å². The molecule has 1 saturated heterocycles. The molecule has 3 rings (SSSR count). The van der Waals surface area contributed by atoms with Gasteiger partial charge < -0.3 is 10.1 Å². The van der Waals surface area contributed by atoms with E-state index in [2.05, 4.69) is 5.32 Å². The predicted molar refractivity (Wildman–Crippen MR) is 113 cm³/mol. The third-order valence-electron chi connectivity index (χ3n) is 5.02. The maximum atomic E-state index is 13.8. The third kappa shape index (κ3) is 4.88. The van der Waals surface area contributed by atoms with Gasteiger partial charge in [-0.15, -0.1) is 0 Å². The summed E-state index contributed by atoms with van der Waals surface area (Å²) in [4.78, 5) is 12.4. The van der Waals surface area contributed by atoms with Crippen molar-refractivity contribution >= 4 is 39.1 Å². The summed E-state index contributed by atoms with van der Waals surface area (Å²) in [6.45, 7) is 0.533. The molecule has 0 aliphatic carbocycles. The van der Waals surface area contributed by atoms with Crippen molar-refractivity contribution in [3.8, 4) is 5.75 Å². The number of methoxy groups -OCH3 is 1. The highest BCUT2D eigenvalue weighted by Gasteiger charge is 2.34. The molecular formula is C20H21Cl2FN2O4S. The molecule has 1 amide bonds. The van der Waals surface area contributed by atoms with Crippen molar-refractivity contribution in [3.05, 3.63) is 57.8 Å². The predicted octanol–water partition coefficient (Wildman–Crippen LogP) is 3.86. The van der Waals surface area contributed by atoms with Gasteiger partial charge in [0.2, 0.25) is 15.9 Å². The maximum Gasteiger partial charge on any atom is 0.246 e. The van der Waals surface area contributed by atoms with Crippen LogP contribution in [-0.2, 0) is 21.4 Å². The maximum absolute atomic E-state index is 13.8. The molecule has 1 fully saturated rings.